The van der Waals surface area contributed by atoms with E-state index in [4.69, 9.17) is 4.74 Å². The van der Waals surface area contributed by atoms with Crippen molar-refractivity contribution in [3.05, 3.63) is 40.4 Å². The number of hydrogen-bond donors (Lipinski definition) is 1. The van der Waals surface area contributed by atoms with Crippen molar-refractivity contribution in [1.29, 1.82) is 0 Å². The van der Waals surface area contributed by atoms with E-state index in [1.54, 1.807) is 30.6 Å². The number of amides is 1. The second-order valence-electron chi connectivity index (χ2n) is 5.16. The lowest BCUT2D eigenvalue weighted by atomic mass is 10.2. The fourth-order valence-electron chi connectivity index (χ4n) is 2.57. The molecule has 1 aromatic carbocycles. The average molecular weight is 317 g/mol. The van der Waals surface area contributed by atoms with Crippen LogP contribution in [-0.4, -0.2) is 36.0 Å². The smallest absolute Gasteiger partial charge is 0.261 e. The summed E-state index contributed by atoms with van der Waals surface area (Å²) < 4.78 is 5.23. The molecule has 1 aliphatic heterocycles. The second kappa shape index (κ2) is 6.46. The number of benzene rings is 1. The third kappa shape index (κ3) is 2.98. The van der Waals surface area contributed by atoms with Gasteiger partial charge < -0.3 is 4.74 Å². The molecule has 0 unspecified atom stereocenters. The summed E-state index contributed by atoms with van der Waals surface area (Å²) >= 11 is 1.57. The van der Waals surface area contributed by atoms with E-state index >= 15 is 0 Å². The number of ether oxygens (including phenoxy) is 1. The van der Waals surface area contributed by atoms with Crippen molar-refractivity contribution < 1.29 is 9.53 Å². The van der Waals surface area contributed by atoms with E-state index in [1.165, 1.54) is 4.88 Å². The molecule has 6 heteroatoms. The highest BCUT2D eigenvalue weighted by Crippen LogP contribution is 2.29. The Hall–Kier alpha value is -1.92. The quantitative estimate of drug-likeness (QED) is 0.942. The van der Waals surface area contributed by atoms with E-state index in [0.29, 0.717) is 16.4 Å². The number of methoxy groups -OCH3 is 1. The molecule has 1 amide bonds. The molecule has 1 aromatic heterocycles. The van der Waals surface area contributed by atoms with Crippen LogP contribution in [0.3, 0.4) is 0 Å². The molecule has 0 aliphatic carbocycles. The molecular weight excluding hydrogens is 298 g/mol. The Kier molecular flexibility index (Phi) is 4.40. The standard InChI is InChI=1S/C16H19N3O2S/c1-3-19-9-8-12-14(10-19)22-16(17-12)18-15(20)11-6-4-5-7-13(11)21-2/h4-7H,3,8-10H2,1-2H3,(H,17,18,20). The van der Waals surface area contributed by atoms with Crippen LogP contribution in [0.25, 0.3) is 0 Å². The van der Waals surface area contributed by atoms with Crippen LogP contribution in [0.1, 0.15) is 27.9 Å². The van der Waals surface area contributed by atoms with E-state index in [0.717, 1.165) is 31.7 Å². The number of para-hydroxylation sites is 1. The summed E-state index contributed by atoms with van der Waals surface area (Å²) in [5, 5.41) is 3.56. The van der Waals surface area contributed by atoms with Gasteiger partial charge in [-0.3, -0.25) is 15.0 Å². The molecule has 0 fully saturated rings. The second-order valence-corrected chi connectivity index (χ2v) is 6.25. The van der Waals surface area contributed by atoms with Gasteiger partial charge in [0.15, 0.2) is 5.13 Å². The van der Waals surface area contributed by atoms with Crippen LogP contribution in [0.5, 0.6) is 5.75 Å². The number of aromatic nitrogens is 1. The molecule has 1 aliphatic rings. The Morgan fingerprint density at radius 1 is 1.45 bits per heavy atom. The number of likely N-dealkylation sites (N-methyl/N-ethyl adjacent to an activating group) is 1. The Balaban J connectivity index is 1.76. The van der Waals surface area contributed by atoms with Gasteiger partial charge in [0, 0.05) is 24.4 Å². The third-order valence-corrected chi connectivity index (χ3v) is 4.83. The Morgan fingerprint density at radius 2 is 2.27 bits per heavy atom. The Morgan fingerprint density at radius 3 is 3.05 bits per heavy atom. The number of anilines is 1. The number of carbonyl (C=O) groups is 1. The van der Waals surface area contributed by atoms with Crippen molar-refractivity contribution in [3.63, 3.8) is 0 Å². The van der Waals surface area contributed by atoms with Gasteiger partial charge in [0.05, 0.1) is 18.4 Å². The predicted octanol–water partition coefficient (Wildman–Crippen LogP) is 2.78. The van der Waals surface area contributed by atoms with E-state index < -0.39 is 0 Å². The van der Waals surface area contributed by atoms with Crippen molar-refractivity contribution >= 4 is 22.4 Å². The number of hydrogen-bond acceptors (Lipinski definition) is 5. The van der Waals surface area contributed by atoms with Gasteiger partial charge in [-0.05, 0) is 18.7 Å². The minimum Gasteiger partial charge on any atom is -0.496 e. The monoisotopic (exact) mass is 317 g/mol. The molecular formula is C16H19N3O2S. The number of nitrogens with one attached hydrogen (secondary N) is 1. The predicted molar refractivity (Wildman–Crippen MR) is 87.7 cm³/mol. The topological polar surface area (TPSA) is 54.5 Å². The summed E-state index contributed by atoms with van der Waals surface area (Å²) in [5.74, 6) is 0.384. The fourth-order valence-corrected chi connectivity index (χ4v) is 3.61. The van der Waals surface area contributed by atoms with Gasteiger partial charge in [-0.2, -0.15) is 0 Å². The maximum Gasteiger partial charge on any atom is 0.261 e. The number of thiazole rings is 1. The normalized spacial score (nSPS) is 14.5. The maximum atomic E-state index is 12.4. The van der Waals surface area contributed by atoms with Crippen LogP contribution in [0.4, 0.5) is 5.13 Å². The molecule has 116 valence electrons. The molecule has 0 spiro atoms. The summed E-state index contributed by atoms with van der Waals surface area (Å²) in [6, 6.07) is 7.20. The molecule has 3 rings (SSSR count). The van der Waals surface area contributed by atoms with Crippen LogP contribution < -0.4 is 10.1 Å². The van der Waals surface area contributed by atoms with Gasteiger partial charge in [-0.25, -0.2) is 4.98 Å². The van der Waals surface area contributed by atoms with E-state index in [2.05, 4.69) is 22.1 Å². The average Bonchev–Trinajstić information content (AvgIpc) is 2.95. The van der Waals surface area contributed by atoms with Crippen molar-refractivity contribution in [2.45, 2.75) is 19.9 Å². The Labute approximate surface area is 133 Å². The summed E-state index contributed by atoms with van der Waals surface area (Å²) in [4.78, 5) is 20.6. The summed E-state index contributed by atoms with van der Waals surface area (Å²) in [5.41, 5.74) is 1.64. The zero-order valence-corrected chi connectivity index (χ0v) is 13.6. The van der Waals surface area contributed by atoms with E-state index in [9.17, 15) is 4.79 Å². The molecule has 2 aromatic rings. The molecule has 0 saturated heterocycles. The van der Waals surface area contributed by atoms with Gasteiger partial charge in [0.25, 0.3) is 5.91 Å². The summed E-state index contributed by atoms with van der Waals surface area (Å²) in [6.45, 7) is 5.16. The molecule has 0 saturated carbocycles. The van der Waals surface area contributed by atoms with Crippen LogP contribution in [-0.2, 0) is 13.0 Å². The number of nitrogens with zero attached hydrogens (tertiary/aromatic N) is 2. The number of carbonyl (C=O) groups excluding carboxylic acids is 1. The third-order valence-electron chi connectivity index (χ3n) is 3.83. The first-order chi connectivity index (χ1) is 10.7. The van der Waals surface area contributed by atoms with Crippen LogP contribution in [0.15, 0.2) is 24.3 Å². The van der Waals surface area contributed by atoms with Crippen LogP contribution in [0.2, 0.25) is 0 Å². The van der Waals surface area contributed by atoms with Crippen molar-refractivity contribution in [2.24, 2.45) is 0 Å². The zero-order chi connectivity index (χ0) is 15.5. The molecule has 0 atom stereocenters. The maximum absolute atomic E-state index is 12.4. The minimum absolute atomic E-state index is 0.184. The summed E-state index contributed by atoms with van der Waals surface area (Å²) in [7, 11) is 1.56. The largest absolute Gasteiger partial charge is 0.496 e. The van der Waals surface area contributed by atoms with Crippen LogP contribution >= 0.6 is 11.3 Å². The molecule has 0 radical (unpaired) electrons. The highest BCUT2D eigenvalue weighted by atomic mass is 32.1. The van der Waals surface area contributed by atoms with Gasteiger partial charge in [-0.15, -0.1) is 11.3 Å². The molecule has 0 bridgehead atoms. The molecule has 5 nitrogen and oxygen atoms in total. The van der Waals surface area contributed by atoms with Gasteiger partial charge in [0.1, 0.15) is 5.75 Å². The summed E-state index contributed by atoms with van der Waals surface area (Å²) in [6.07, 6.45) is 0.949. The SMILES string of the molecule is CCN1CCc2nc(NC(=O)c3ccccc3OC)sc2C1. The van der Waals surface area contributed by atoms with E-state index in [-0.39, 0.29) is 5.91 Å². The van der Waals surface area contributed by atoms with E-state index in [1.807, 2.05) is 12.1 Å². The van der Waals surface area contributed by atoms with Crippen molar-refractivity contribution in [3.8, 4) is 5.75 Å². The number of rotatable bonds is 4. The highest BCUT2D eigenvalue weighted by Gasteiger charge is 2.21. The lowest BCUT2D eigenvalue weighted by molar-refractivity contribution is 0.102. The van der Waals surface area contributed by atoms with Gasteiger partial charge >= 0.3 is 0 Å². The first-order valence-corrected chi connectivity index (χ1v) is 8.18. The molecule has 22 heavy (non-hydrogen) atoms. The Bertz CT molecular complexity index is 684. The fraction of sp³-hybridized carbons (Fsp3) is 0.375. The lowest BCUT2D eigenvalue weighted by Crippen LogP contribution is -2.29. The van der Waals surface area contributed by atoms with Gasteiger partial charge in [0.2, 0.25) is 0 Å². The number of fused-ring (bicyclic) bond motifs is 1. The lowest BCUT2D eigenvalue weighted by Gasteiger charge is -2.23. The van der Waals surface area contributed by atoms with Gasteiger partial charge in [-0.1, -0.05) is 19.1 Å². The zero-order valence-electron chi connectivity index (χ0n) is 12.8. The first kappa shape index (κ1) is 15.0. The van der Waals surface area contributed by atoms with Crippen LogP contribution in [0, 0.1) is 0 Å². The first-order valence-electron chi connectivity index (χ1n) is 7.36. The van der Waals surface area contributed by atoms with Crippen molar-refractivity contribution in [1.82, 2.24) is 9.88 Å². The van der Waals surface area contributed by atoms with Crippen molar-refractivity contribution in [2.75, 3.05) is 25.5 Å². The molecule has 1 N–H and O–H groups in total. The highest BCUT2D eigenvalue weighted by molar-refractivity contribution is 7.15. The minimum atomic E-state index is -0.184. The molecule has 2 heterocycles.